The molecular weight excluding hydrogens is 380 g/mol. The Balaban J connectivity index is 1.53. The molecule has 4 heterocycles. The van der Waals surface area contributed by atoms with Crippen LogP contribution in [0.5, 0.6) is 0 Å². The zero-order valence-corrected chi connectivity index (χ0v) is 16.0. The van der Waals surface area contributed by atoms with Gasteiger partial charge in [0.1, 0.15) is 5.69 Å². The lowest BCUT2D eigenvalue weighted by Gasteiger charge is -2.33. The van der Waals surface area contributed by atoms with Gasteiger partial charge in [-0.3, -0.25) is 4.79 Å². The quantitative estimate of drug-likeness (QED) is 0.718. The number of carbonyl (C=O) groups excluding carboxylic acids is 1. The van der Waals surface area contributed by atoms with Gasteiger partial charge in [0.15, 0.2) is 5.69 Å². The third-order valence-electron chi connectivity index (χ3n) is 4.50. The summed E-state index contributed by atoms with van der Waals surface area (Å²) < 4.78 is 0. The largest absolute Gasteiger partial charge is 0.350 e. The van der Waals surface area contributed by atoms with Crippen LogP contribution in [0.15, 0.2) is 37.1 Å². The van der Waals surface area contributed by atoms with E-state index in [9.17, 15) is 4.79 Å². The Bertz CT molecular complexity index is 960. The molecule has 28 heavy (non-hydrogen) atoms. The fourth-order valence-corrected chi connectivity index (χ4v) is 3.31. The van der Waals surface area contributed by atoms with E-state index in [1.807, 2.05) is 13.0 Å². The van der Waals surface area contributed by atoms with Crippen LogP contribution in [0, 0.1) is 6.92 Å². The molecule has 1 amide bonds. The summed E-state index contributed by atoms with van der Waals surface area (Å²) in [6, 6.07) is 1.91. The number of halogens is 1. The van der Waals surface area contributed by atoms with Crippen molar-refractivity contribution in [3.63, 3.8) is 0 Å². The highest BCUT2D eigenvalue weighted by atomic mass is 35.5. The van der Waals surface area contributed by atoms with Gasteiger partial charge in [0, 0.05) is 25.3 Å². The molecule has 1 aliphatic heterocycles. The Labute approximate surface area is 166 Å². The Morgan fingerprint density at radius 1 is 1.18 bits per heavy atom. The number of aryl methyl sites for hydroxylation is 1. The second-order valence-corrected chi connectivity index (χ2v) is 7.09. The van der Waals surface area contributed by atoms with Crippen LogP contribution in [0.4, 0.5) is 5.95 Å². The van der Waals surface area contributed by atoms with Gasteiger partial charge in [-0.15, -0.1) is 4.80 Å². The highest BCUT2D eigenvalue weighted by molar-refractivity contribution is 6.30. The number of nitrogens with zero attached hydrogens (tertiary/aromatic N) is 7. The van der Waals surface area contributed by atoms with E-state index in [-0.39, 0.29) is 11.9 Å². The van der Waals surface area contributed by atoms with Crippen molar-refractivity contribution in [2.45, 2.75) is 25.8 Å². The van der Waals surface area contributed by atoms with Gasteiger partial charge in [0.2, 0.25) is 5.95 Å². The average Bonchev–Trinajstić information content (AvgIpc) is 3.24. The highest BCUT2D eigenvalue weighted by Crippen LogP contribution is 2.19. The van der Waals surface area contributed by atoms with Crippen molar-refractivity contribution in [2.75, 3.05) is 18.4 Å². The fourth-order valence-electron chi connectivity index (χ4n) is 3.21. The summed E-state index contributed by atoms with van der Waals surface area (Å²) in [4.78, 5) is 29.1. The minimum Gasteiger partial charge on any atom is -0.350 e. The predicted molar refractivity (Wildman–Crippen MR) is 103 cm³/mol. The molecule has 0 radical (unpaired) electrons. The minimum absolute atomic E-state index is 0.0515. The molecule has 9 nitrogen and oxygen atoms in total. The standard InChI is InChI=1S/C18H19ClN8O/c1-12-7-15(27-23-4-5-24-27)16(20-8-12)17(28)26-6-2-3-14(11-26)25-18-21-9-13(19)10-22-18/h4-5,7-10,14H,2-3,6,11H2,1H3,(H,21,22,25)/t14-/m1/s1. The molecule has 0 bridgehead atoms. The van der Waals surface area contributed by atoms with Gasteiger partial charge in [-0.05, 0) is 31.4 Å². The minimum atomic E-state index is -0.143. The van der Waals surface area contributed by atoms with E-state index in [0.717, 1.165) is 18.4 Å². The number of piperidine rings is 1. The number of hydrogen-bond acceptors (Lipinski definition) is 7. The Kier molecular flexibility index (Phi) is 5.16. The molecule has 0 saturated carbocycles. The molecule has 3 aromatic rings. The summed E-state index contributed by atoms with van der Waals surface area (Å²) in [6.45, 7) is 3.12. The van der Waals surface area contributed by atoms with Gasteiger partial charge in [-0.2, -0.15) is 10.2 Å². The van der Waals surface area contributed by atoms with E-state index in [1.165, 1.54) is 4.80 Å². The van der Waals surface area contributed by atoms with E-state index in [4.69, 9.17) is 11.6 Å². The summed E-state index contributed by atoms with van der Waals surface area (Å²) in [6.07, 6.45) is 9.71. The van der Waals surface area contributed by atoms with Gasteiger partial charge in [-0.1, -0.05) is 11.6 Å². The summed E-state index contributed by atoms with van der Waals surface area (Å²) in [5, 5.41) is 12.1. The zero-order valence-electron chi connectivity index (χ0n) is 15.3. The van der Waals surface area contributed by atoms with Crippen molar-refractivity contribution in [3.8, 4) is 5.69 Å². The van der Waals surface area contributed by atoms with Gasteiger partial charge >= 0.3 is 0 Å². The van der Waals surface area contributed by atoms with Crippen LogP contribution in [0.3, 0.4) is 0 Å². The molecule has 10 heteroatoms. The van der Waals surface area contributed by atoms with Crippen LogP contribution in [-0.4, -0.2) is 59.9 Å². The van der Waals surface area contributed by atoms with E-state index >= 15 is 0 Å². The second kappa shape index (κ2) is 7.89. The van der Waals surface area contributed by atoms with Crippen molar-refractivity contribution in [2.24, 2.45) is 0 Å². The number of hydrogen-bond donors (Lipinski definition) is 1. The number of anilines is 1. The lowest BCUT2D eigenvalue weighted by molar-refractivity contribution is 0.0708. The van der Waals surface area contributed by atoms with Crippen LogP contribution in [0.25, 0.3) is 5.69 Å². The first-order valence-corrected chi connectivity index (χ1v) is 9.34. The molecular formula is C18H19ClN8O. The molecule has 0 aliphatic carbocycles. The third kappa shape index (κ3) is 3.94. The van der Waals surface area contributed by atoms with Crippen molar-refractivity contribution in [1.29, 1.82) is 0 Å². The zero-order chi connectivity index (χ0) is 19.5. The molecule has 1 N–H and O–H groups in total. The van der Waals surface area contributed by atoms with Gasteiger partial charge in [0.05, 0.1) is 29.8 Å². The van der Waals surface area contributed by atoms with E-state index < -0.39 is 0 Å². The number of rotatable bonds is 4. The first kappa shape index (κ1) is 18.3. The monoisotopic (exact) mass is 398 g/mol. The first-order chi connectivity index (χ1) is 13.6. The van der Waals surface area contributed by atoms with E-state index in [0.29, 0.717) is 35.4 Å². The van der Waals surface area contributed by atoms with Gasteiger partial charge in [0.25, 0.3) is 5.91 Å². The van der Waals surface area contributed by atoms with Crippen LogP contribution in [0.2, 0.25) is 5.02 Å². The number of pyridine rings is 1. The SMILES string of the molecule is Cc1cnc(C(=O)N2CCC[C@@H](Nc3ncc(Cl)cn3)C2)c(-n2nccn2)c1. The van der Waals surface area contributed by atoms with Crippen LogP contribution < -0.4 is 5.32 Å². The summed E-state index contributed by atoms with van der Waals surface area (Å²) in [7, 11) is 0. The number of aromatic nitrogens is 6. The summed E-state index contributed by atoms with van der Waals surface area (Å²) in [5.74, 6) is 0.356. The van der Waals surface area contributed by atoms with Crippen LogP contribution in [0.1, 0.15) is 28.9 Å². The van der Waals surface area contributed by atoms with Crippen molar-refractivity contribution < 1.29 is 4.79 Å². The Morgan fingerprint density at radius 2 is 1.93 bits per heavy atom. The second-order valence-electron chi connectivity index (χ2n) is 6.66. The number of likely N-dealkylation sites (tertiary alicyclic amines) is 1. The Morgan fingerprint density at radius 3 is 2.68 bits per heavy atom. The number of nitrogens with one attached hydrogen (secondary N) is 1. The lowest BCUT2D eigenvalue weighted by Crippen LogP contribution is -2.45. The molecule has 1 saturated heterocycles. The average molecular weight is 399 g/mol. The molecule has 144 valence electrons. The molecule has 0 unspecified atom stereocenters. The van der Waals surface area contributed by atoms with Crippen molar-refractivity contribution >= 4 is 23.5 Å². The van der Waals surface area contributed by atoms with Gasteiger partial charge in [-0.25, -0.2) is 15.0 Å². The predicted octanol–water partition coefficient (Wildman–Crippen LogP) is 2.13. The maximum atomic E-state index is 13.2. The molecule has 1 atom stereocenters. The van der Waals surface area contributed by atoms with Crippen molar-refractivity contribution in [1.82, 2.24) is 34.8 Å². The normalized spacial score (nSPS) is 16.8. The molecule has 1 aliphatic rings. The maximum Gasteiger partial charge on any atom is 0.274 e. The molecule has 0 aromatic carbocycles. The topological polar surface area (TPSA) is 102 Å². The smallest absolute Gasteiger partial charge is 0.274 e. The molecule has 1 fully saturated rings. The first-order valence-electron chi connectivity index (χ1n) is 8.97. The summed E-state index contributed by atoms with van der Waals surface area (Å²) >= 11 is 5.83. The number of amides is 1. The molecule has 0 spiro atoms. The Hall–Kier alpha value is -3.07. The fraction of sp³-hybridized carbons (Fsp3) is 0.333. The summed E-state index contributed by atoms with van der Waals surface area (Å²) in [5.41, 5.74) is 1.85. The highest BCUT2D eigenvalue weighted by Gasteiger charge is 2.28. The van der Waals surface area contributed by atoms with E-state index in [1.54, 1.807) is 35.9 Å². The van der Waals surface area contributed by atoms with Crippen LogP contribution >= 0.6 is 11.6 Å². The van der Waals surface area contributed by atoms with Crippen LogP contribution in [-0.2, 0) is 0 Å². The third-order valence-corrected chi connectivity index (χ3v) is 4.70. The van der Waals surface area contributed by atoms with Gasteiger partial charge < -0.3 is 10.2 Å². The van der Waals surface area contributed by atoms with Crippen molar-refractivity contribution in [3.05, 3.63) is 53.3 Å². The van der Waals surface area contributed by atoms with E-state index in [2.05, 4.69) is 30.5 Å². The lowest BCUT2D eigenvalue weighted by atomic mass is 10.0. The maximum absolute atomic E-state index is 13.2. The molecule has 3 aromatic heterocycles. The number of carbonyl (C=O) groups is 1. The molecule has 4 rings (SSSR count).